The van der Waals surface area contributed by atoms with Gasteiger partial charge in [0.05, 0.1) is 15.6 Å². The monoisotopic (exact) mass is 645 g/mol. The van der Waals surface area contributed by atoms with Gasteiger partial charge >= 0.3 is 0 Å². The van der Waals surface area contributed by atoms with Gasteiger partial charge in [0, 0.05) is 19.5 Å². The molecular formula is C36H40ClN3O4S. The van der Waals surface area contributed by atoms with Crippen LogP contribution in [0.1, 0.15) is 36.1 Å². The molecule has 0 saturated carbocycles. The lowest BCUT2D eigenvalue weighted by Crippen LogP contribution is -2.53. The van der Waals surface area contributed by atoms with Gasteiger partial charge in [0.15, 0.2) is 0 Å². The Hall–Kier alpha value is -4.14. The van der Waals surface area contributed by atoms with E-state index in [2.05, 4.69) is 5.32 Å². The van der Waals surface area contributed by atoms with Crippen molar-refractivity contribution in [2.24, 2.45) is 5.92 Å². The number of hydrogen-bond donors (Lipinski definition) is 1. The summed E-state index contributed by atoms with van der Waals surface area (Å²) in [6.07, 6.45) is 0.249. The summed E-state index contributed by atoms with van der Waals surface area (Å²) in [7, 11) is -4.23. The maximum absolute atomic E-state index is 14.5. The first kappa shape index (κ1) is 33.7. The molecule has 4 rings (SSSR count). The SMILES string of the molecule is Cc1ccc(S(=O)(=O)N(CC(=O)N(Cc2cccc(C)c2)[C@@H](Cc2ccccc2)C(=O)NCC(C)C)c2ccccc2Cl)cc1. The summed E-state index contributed by atoms with van der Waals surface area (Å²) < 4.78 is 29.3. The van der Waals surface area contributed by atoms with Crippen LogP contribution >= 0.6 is 11.6 Å². The highest BCUT2D eigenvalue weighted by atomic mass is 35.5. The minimum Gasteiger partial charge on any atom is -0.354 e. The van der Waals surface area contributed by atoms with Crippen LogP contribution in [0.2, 0.25) is 5.02 Å². The minimum absolute atomic E-state index is 0.0292. The molecule has 0 aliphatic heterocycles. The number of aryl methyl sites for hydroxylation is 2. The lowest BCUT2D eigenvalue weighted by molar-refractivity contribution is -0.140. The zero-order valence-corrected chi connectivity index (χ0v) is 27.7. The number of anilines is 1. The van der Waals surface area contributed by atoms with Crippen molar-refractivity contribution < 1.29 is 18.0 Å². The third-order valence-corrected chi connectivity index (χ3v) is 9.49. The van der Waals surface area contributed by atoms with Gasteiger partial charge in [0.1, 0.15) is 12.6 Å². The number of hydrogen-bond acceptors (Lipinski definition) is 4. The Labute approximate surface area is 271 Å². The van der Waals surface area contributed by atoms with Crippen molar-refractivity contribution in [3.63, 3.8) is 0 Å². The van der Waals surface area contributed by atoms with E-state index in [-0.39, 0.29) is 40.4 Å². The normalized spacial score (nSPS) is 12.0. The van der Waals surface area contributed by atoms with E-state index in [0.717, 1.165) is 26.6 Å². The lowest BCUT2D eigenvalue weighted by atomic mass is 10.0. The molecular weight excluding hydrogens is 606 g/mol. The Balaban J connectivity index is 1.81. The third kappa shape index (κ3) is 8.96. The van der Waals surface area contributed by atoms with Crippen LogP contribution in [-0.4, -0.2) is 44.3 Å². The van der Waals surface area contributed by atoms with Crippen LogP contribution < -0.4 is 9.62 Å². The van der Waals surface area contributed by atoms with Crippen LogP contribution in [-0.2, 0) is 32.6 Å². The van der Waals surface area contributed by atoms with E-state index >= 15 is 0 Å². The Morgan fingerprint density at radius 1 is 0.800 bits per heavy atom. The van der Waals surface area contributed by atoms with E-state index in [1.165, 1.54) is 17.0 Å². The fourth-order valence-electron chi connectivity index (χ4n) is 4.99. The van der Waals surface area contributed by atoms with Crippen LogP contribution in [0.4, 0.5) is 5.69 Å². The Bertz CT molecular complexity index is 1710. The molecule has 1 atom stereocenters. The molecule has 0 aromatic heterocycles. The third-order valence-electron chi connectivity index (χ3n) is 7.40. The quantitative estimate of drug-likeness (QED) is 0.178. The number of benzene rings is 4. The summed E-state index contributed by atoms with van der Waals surface area (Å²) in [5.41, 5.74) is 3.77. The van der Waals surface area contributed by atoms with E-state index in [4.69, 9.17) is 11.6 Å². The number of sulfonamides is 1. The van der Waals surface area contributed by atoms with Gasteiger partial charge in [-0.3, -0.25) is 13.9 Å². The highest BCUT2D eigenvalue weighted by Crippen LogP contribution is 2.31. The van der Waals surface area contributed by atoms with E-state index in [9.17, 15) is 18.0 Å². The van der Waals surface area contributed by atoms with Crippen LogP contribution in [0.3, 0.4) is 0 Å². The molecule has 9 heteroatoms. The number of para-hydroxylation sites is 1. The molecule has 4 aromatic carbocycles. The van der Waals surface area contributed by atoms with Crippen molar-refractivity contribution in [1.82, 2.24) is 10.2 Å². The van der Waals surface area contributed by atoms with Crippen LogP contribution in [0.25, 0.3) is 0 Å². The topological polar surface area (TPSA) is 86.8 Å². The molecule has 0 saturated heterocycles. The fraction of sp³-hybridized carbons (Fsp3) is 0.278. The summed E-state index contributed by atoms with van der Waals surface area (Å²) in [6, 6.07) is 29.3. The van der Waals surface area contributed by atoms with Gasteiger partial charge < -0.3 is 10.2 Å². The molecule has 2 amide bonds. The molecule has 4 aromatic rings. The average molecular weight is 646 g/mol. The molecule has 1 N–H and O–H groups in total. The van der Waals surface area contributed by atoms with Crippen LogP contribution in [0, 0.1) is 19.8 Å². The second-order valence-electron chi connectivity index (χ2n) is 11.6. The van der Waals surface area contributed by atoms with Crippen molar-refractivity contribution in [1.29, 1.82) is 0 Å². The number of carbonyl (C=O) groups is 2. The number of nitrogens with one attached hydrogen (secondary N) is 1. The van der Waals surface area contributed by atoms with E-state index in [0.29, 0.717) is 6.54 Å². The molecule has 236 valence electrons. The number of amides is 2. The van der Waals surface area contributed by atoms with Crippen molar-refractivity contribution >= 4 is 39.1 Å². The highest BCUT2D eigenvalue weighted by molar-refractivity contribution is 7.92. The van der Waals surface area contributed by atoms with Gasteiger partial charge in [-0.05, 0) is 55.2 Å². The van der Waals surface area contributed by atoms with Gasteiger partial charge in [-0.1, -0.05) is 115 Å². The van der Waals surface area contributed by atoms with Gasteiger partial charge in [-0.2, -0.15) is 0 Å². The first-order valence-corrected chi connectivity index (χ1v) is 16.8. The Kier molecular flexibility index (Phi) is 11.4. The predicted molar refractivity (Wildman–Crippen MR) is 181 cm³/mol. The summed E-state index contributed by atoms with van der Waals surface area (Å²) in [6.45, 7) is 7.80. The standard InChI is InChI=1S/C36H40ClN3O4S/c1-26(2)23-38-36(42)34(22-29-12-6-5-7-13-29)39(24-30-14-10-11-28(4)21-30)35(41)25-40(33-16-9-8-15-32(33)37)45(43,44)31-19-17-27(3)18-20-31/h5-21,26,34H,22-25H2,1-4H3,(H,38,42)/t34-/m0/s1. The maximum Gasteiger partial charge on any atom is 0.264 e. The fourth-order valence-corrected chi connectivity index (χ4v) is 6.71. The average Bonchev–Trinajstić information content (AvgIpc) is 3.01. The number of carbonyl (C=O) groups excluding carboxylic acids is 2. The maximum atomic E-state index is 14.5. The molecule has 0 unspecified atom stereocenters. The second-order valence-corrected chi connectivity index (χ2v) is 13.9. The summed E-state index contributed by atoms with van der Waals surface area (Å²) in [5, 5.41) is 3.19. The molecule has 0 aliphatic rings. The van der Waals surface area contributed by atoms with Crippen molar-refractivity contribution in [2.75, 3.05) is 17.4 Å². The van der Waals surface area contributed by atoms with E-state index in [1.54, 1.807) is 36.4 Å². The first-order chi connectivity index (χ1) is 21.5. The molecule has 0 spiro atoms. The predicted octanol–water partition coefficient (Wildman–Crippen LogP) is 6.56. The smallest absolute Gasteiger partial charge is 0.264 e. The molecule has 45 heavy (non-hydrogen) atoms. The van der Waals surface area contributed by atoms with Gasteiger partial charge in [0.2, 0.25) is 11.8 Å². The lowest BCUT2D eigenvalue weighted by Gasteiger charge is -2.34. The summed E-state index contributed by atoms with van der Waals surface area (Å²) >= 11 is 6.54. The molecule has 0 aliphatic carbocycles. The zero-order chi connectivity index (χ0) is 32.6. The largest absolute Gasteiger partial charge is 0.354 e. The first-order valence-electron chi connectivity index (χ1n) is 15.0. The van der Waals surface area contributed by atoms with E-state index < -0.39 is 28.5 Å². The Morgan fingerprint density at radius 3 is 2.09 bits per heavy atom. The van der Waals surface area contributed by atoms with E-state index in [1.807, 2.05) is 82.3 Å². The second kappa shape index (κ2) is 15.2. The molecule has 7 nitrogen and oxygen atoms in total. The molecule has 0 radical (unpaired) electrons. The molecule has 0 heterocycles. The van der Waals surface area contributed by atoms with Gasteiger partial charge in [-0.25, -0.2) is 8.42 Å². The van der Waals surface area contributed by atoms with Crippen LogP contribution in [0.5, 0.6) is 0 Å². The van der Waals surface area contributed by atoms with Crippen molar-refractivity contribution in [2.45, 2.75) is 51.6 Å². The zero-order valence-electron chi connectivity index (χ0n) is 26.1. The molecule has 0 fully saturated rings. The minimum atomic E-state index is -4.23. The Morgan fingerprint density at radius 2 is 1.44 bits per heavy atom. The summed E-state index contributed by atoms with van der Waals surface area (Å²) in [5.74, 6) is -0.644. The van der Waals surface area contributed by atoms with Gasteiger partial charge in [-0.15, -0.1) is 0 Å². The van der Waals surface area contributed by atoms with Crippen LogP contribution in [0.15, 0.2) is 108 Å². The summed E-state index contributed by atoms with van der Waals surface area (Å²) in [4.78, 5) is 29.9. The van der Waals surface area contributed by atoms with Gasteiger partial charge in [0.25, 0.3) is 10.0 Å². The van der Waals surface area contributed by atoms with Crippen molar-refractivity contribution in [3.8, 4) is 0 Å². The van der Waals surface area contributed by atoms with Crippen molar-refractivity contribution in [3.05, 3.63) is 130 Å². The number of halogens is 1. The number of rotatable bonds is 13. The highest BCUT2D eigenvalue weighted by Gasteiger charge is 2.35. The number of nitrogens with zero attached hydrogens (tertiary/aromatic N) is 2. The molecule has 0 bridgehead atoms.